The van der Waals surface area contributed by atoms with Gasteiger partial charge >= 0.3 is 0 Å². The summed E-state index contributed by atoms with van der Waals surface area (Å²) in [4.78, 5) is 5.85. The zero-order valence-electron chi connectivity index (χ0n) is 14.3. The summed E-state index contributed by atoms with van der Waals surface area (Å²) >= 11 is 3.17. The third-order valence-electron chi connectivity index (χ3n) is 4.02. The molecular weight excluding hydrogens is 376 g/mol. The van der Waals surface area contributed by atoms with E-state index < -0.39 is 0 Å². The van der Waals surface area contributed by atoms with Crippen molar-refractivity contribution in [3.63, 3.8) is 0 Å². The molecule has 5 rings (SSSR count). The molecule has 0 saturated heterocycles. The number of aryl methyl sites for hydroxylation is 1. The molecule has 4 aromatic heterocycles. The average Bonchev–Trinajstić information content (AvgIpc) is 3.42. The third-order valence-corrected chi connectivity index (χ3v) is 5.90. The maximum atomic E-state index is 4.74. The molecule has 0 unspecified atom stereocenters. The van der Waals surface area contributed by atoms with Crippen LogP contribution in [0.3, 0.4) is 0 Å². The van der Waals surface area contributed by atoms with Crippen molar-refractivity contribution < 1.29 is 0 Å². The van der Waals surface area contributed by atoms with E-state index in [0.717, 1.165) is 43.2 Å². The molecule has 0 fully saturated rings. The molecule has 5 aromatic rings. The lowest BCUT2D eigenvalue weighted by molar-refractivity contribution is 0.844. The van der Waals surface area contributed by atoms with Crippen molar-refractivity contribution in [3.05, 3.63) is 65.7 Å². The third kappa shape index (κ3) is 3.09. The standard InChI is InChI=1S/C19H14N6S2/c1-12-11-17(21-19-23-22-18(27-19)15-7-4-10-26-15)25(24-12)16-9-8-13-5-2-3-6-14(13)20-16/h2-11H,1H3,(H,21,23). The van der Waals surface area contributed by atoms with Crippen LogP contribution in [-0.4, -0.2) is 25.0 Å². The molecule has 0 aliphatic carbocycles. The maximum absolute atomic E-state index is 4.74. The first-order chi connectivity index (χ1) is 13.3. The second-order valence-electron chi connectivity index (χ2n) is 5.96. The summed E-state index contributed by atoms with van der Waals surface area (Å²) in [6, 6.07) is 18.1. The molecule has 0 bridgehead atoms. The van der Waals surface area contributed by atoms with Crippen LogP contribution in [0, 0.1) is 6.92 Å². The average molecular weight is 390 g/mol. The molecule has 27 heavy (non-hydrogen) atoms. The highest BCUT2D eigenvalue weighted by molar-refractivity contribution is 7.22. The minimum Gasteiger partial charge on any atom is -0.315 e. The van der Waals surface area contributed by atoms with Crippen molar-refractivity contribution in [2.24, 2.45) is 0 Å². The van der Waals surface area contributed by atoms with Gasteiger partial charge < -0.3 is 5.32 Å². The van der Waals surface area contributed by atoms with Crippen molar-refractivity contribution in [2.45, 2.75) is 6.92 Å². The minimum atomic E-state index is 0.723. The van der Waals surface area contributed by atoms with Gasteiger partial charge in [0.25, 0.3) is 0 Å². The molecule has 1 N–H and O–H groups in total. The topological polar surface area (TPSA) is 68.5 Å². The van der Waals surface area contributed by atoms with Crippen molar-refractivity contribution in [2.75, 3.05) is 5.32 Å². The first-order valence-electron chi connectivity index (χ1n) is 8.33. The van der Waals surface area contributed by atoms with E-state index in [9.17, 15) is 0 Å². The fourth-order valence-electron chi connectivity index (χ4n) is 2.82. The number of pyridine rings is 1. The van der Waals surface area contributed by atoms with E-state index in [-0.39, 0.29) is 0 Å². The van der Waals surface area contributed by atoms with Gasteiger partial charge in [-0.05, 0) is 36.6 Å². The van der Waals surface area contributed by atoms with Gasteiger partial charge in [-0.15, -0.1) is 21.5 Å². The number of fused-ring (bicyclic) bond motifs is 1. The Morgan fingerprint density at radius 3 is 2.81 bits per heavy atom. The summed E-state index contributed by atoms with van der Waals surface area (Å²) in [5.74, 6) is 1.57. The van der Waals surface area contributed by atoms with Gasteiger partial charge in [0.15, 0.2) is 10.8 Å². The highest BCUT2D eigenvalue weighted by Gasteiger charge is 2.13. The quantitative estimate of drug-likeness (QED) is 0.465. The molecule has 0 radical (unpaired) electrons. The van der Waals surface area contributed by atoms with E-state index in [2.05, 4.69) is 26.7 Å². The smallest absolute Gasteiger partial charge is 0.211 e. The summed E-state index contributed by atoms with van der Waals surface area (Å²) in [6.45, 7) is 1.96. The van der Waals surface area contributed by atoms with Gasteiger partial charge in [0.1, 0.15) is 5.82 Å². The van der Waals surface area contributed by atoms with Crippen LogP contribution in [0.4, 0.5) is 10.9 Å². The number of nitrogens with zero attached hydrogens (tertiary/aromatic N) is 5. The Bertz CT molecular complexity index is 1220. The monoisotopic (exact) mass is 390 g/mol. The SMILES string of the molecule is Cc1cc(Nc2nnc(-c3cccs3)s2)n(-c2ccc3ccccc3n2)n1. The highest BCUT2D eigenvalue weighted by atomic mass is 32.1. The zero-order chi connectivity index (χ0) is 18.2. The predicted molar refractivity (Wildman–Crippen MR) is 110 cm³/mol. The molecule has 0 aliphatic heterocycles. The molecule has 1 aromatic carbocycles. The number of nitrogens with one attached hydrogen (secondary N) is 1. The number of anilines is 2. The summed E-state index contributed by atoms with van der Waals surface area (Å²) in [5, 5.41) is 21.2. The second-order valence-corrected chi connectivity index (χ2v) is 7.88. The molecule has 6 nitrogen and oxygen atoms in total. The van der Waals surface area contributed by atoms with Gasteiger partial charge in [0.05, 0.1) is 16.1 Å². The second kappa shape index (κ2) is 6.57. The Morgan fingerprint density at radius 1 is 1.00 bits per heavy atom. The van der Waals surface area contributed by atoms with Crippen molar-refractivity contribution in [1.29, 1.82) is 0 Å². The molecule has 132 valence electrons. The van der Waals surface area contributed by atoms with Crippen LogP contribution in [0.25, 0.3) is 26.6 Å². The van der Waals surface area contributed by atoms with E-state index in [1.807, 2.05) is 60.8 Å². The van der Waals surface area contributed by atoms with E-state index in [1.165, 1.54) is 11.3 Å². The minimum absolute atomic E-state index is 0.723. The van der Waals surface area contributed by atoms with Crippen LogP contribution in [0.2, 0.25) is 0 Å². The van der Waals surface area contributed by atoms with Gasteiger partial charge in [0.2, 0.25) is 5.13 Å². The normalized spacial score (nSPS) is 11.1. The Balaban J connectivity index is 1.50. The van der Waals surface area contributed by atoms with Crippen LogP contribution in [0.15, 0.2) is 60.0 Å². The zero-order valence-corrected chi connectivity index (χ0v) is 16.0. The Labute approximate surface area is 163 Å². The van der Waals surface area contributed by atoms with E-state index in [4.69, 9.17) is 4.98 Å². The maximum Gasteiger partial charge on any atom is 0.211 e. The summed E-state index contributed by atoms with van der Waals surface area (Å²) in [7, 11) is 0. The summed E-state index contributed by atoms with van der Waals surface area (Å²) < 4.78 is 1.80. The fourth-order valence-corrected chi connectivity index (χ4v) is 4.36. The lowest BCUT2D eigenvalue weighted by Crippen LogP contribution is -2.04. The molecule has 0 aliphatic rings. The molecular formula is C19H14N6S2. The van der Waals surface area contributed by atoms with Crippen LogP contribution in [0.1, 0.15) is 5.69 Å². The van der Waals surface area contributed by atoms with Crippen LogP contribution in [-0.2, 0) is 0 Å². The first kappa shape index (κ1) is 16.1. The lowest BCUT2D eigenvalue weighted by atomic mass is 10.2. The summed E-state index contributed by atoms with van der Waals surface area (Å²) in [5.41, 5.74) is 1.83. The number of benzene rings is 1. The van der Waals surface area contributed by atoms with Crippen molar-refractivity contribution in [3.8, 4) is 15.7 Å². The van der Waals surface area contributed by atoms with Gasteiger partial charge in [0, 0.05) is 11.5 Å². The van der Waals surface area contributed by atoms with Gasteiger partial charge in [-0.2, -0.15) is 9.78 Å². The van der Waals surface area contributed by atoms with Gasteiger partial charge in [-0.3, -0.25) is 0 Å². The van der Waals surface area contributed by atoms with Crippen molar-refractivity contribution in [1.82, 2.24) is 25.0 Å². The highest BCUT2D eigenvalue weighted by Crippen LogP contribution is 2.31. The Morgan fingerprint density at radius 2 is 1.93 bits per heavy atom. The molecule has 0 saturated carbocycles. The van der Waals surface area contributed by atoms with E-state index >= 15 is 0 Å². The van der Waals surface area contributed by atoms with E-state index in [1.54, 1.807) is 16.0 Å². The largest absolute Gasteiger partial charge is 0.315 e. The van der Waals surface area contributed by atoms with Crippen LogP contribution < -0.4 is 5.32 Å². The van der Waals surface area contributed by atoms with E-state index in [0.29, 0.717) is 0 Å². The number of thiophene rings is 1. The number of hydrogen-bond acceptors (Lipinski definition) is 7. The Kier molecular flexibility index (Phi) is 3.92. The van der Waals surface area contributed by atoms with Crippen molar-refractivity contribution >= 4 is 44.5 Å². The van der Waals surface area contributed by atoms with Crippen LogP contribution >= 0.6 is 22.7 Å². The number of rotatable bonds is 4. The fraction of sp³-hybridized carbons (Fsp3) is 0.0526. The number of hydrogen-bond donors (Lipinski definition) is 1. The first-order valence-corrected chi connectivity index (χ1v) is 10.0. The summed E-state index contributed by atoms with van der Waals surface area (Å²) in [6.07, 6.45) is 0. The molecule has 4 heterocycles. The molecule has 8 heteroatoms. The predicted octanol–water partition coefficient (Wildman–Crippen LogP) is 5.05. The number of para-hydroxylation sites is 1. The van der Waals surface area contributed by atoms with Gasteiger partial charge in [-0.1, -0.05) is 35.6 Å². The van der Waals surface area contributed by atoms with Gasteiger partial charge in [-0.25, -0.2) is 4.98 Å². The molecule has 0 atom stereocenters. The lowest BCUT2D eigenvalue weighted by Gasteiger charge is -2.07. The Hall–Kier alpha value is -3.10. The van der Waals surface area contributed by atoms with Crippen LogP contribution in [0.5, 0.6) is 0 Å². The molecule has 0 spiro atoms. The number of aromatic nitrogens is 5. The molecule has 0 amide bonds.